The van der Waals surface area contributed by atoms with E-state index < -0.39 is 0 Å². The van der Waals surface area contributed by atoms with Gasteiger partial charge in [0.25, 0.3) is 0 Å². The molecule has 0 saturated carbocycles. The maximum Gasteiger partial charge on any atom is 0.337 e. The van der Waals surface area contributed by atoms with E-state index in [9.17, 15) is 4.79 Å². The number of nitrogens with one attached hydrogen (secondary N) is 2. The number of nitrogens with zero attached hydrogens (tertiary/aromatic N) is 2. The highest BCUT2D eigenvalue weighted by molar-refractivity contribution is 5.90. The van der Waals surface area contributed by atoms with Crippen molar-refractivity contribution in [1.82, 2.24) is 9.97 Å². The number of para-hydroxylation sites is 1. The van der Waals surface area contributed by atoms with Gasteiger partial charge in [0.05, 0.1) is 12.7 Å². The van der Waals surface area contributed by atoms with E-state index in [2.05, 4.69) is 33.6 Å². The molecule has 0 radical (unpaired) electrons. The topological polar surface area (TPSA) is 102 Å². The predicted octanol–water partition coefficient (Wildman–Crippen LogP) is 3.90. The summed E-state index contributed by atoms with van der Waals surface area (Å²) >= 11 is 0. The van der Waals surface area contributed by atoms with Gasteiger partial charge >= 0.3 is 5.97 Å². The van der Waals surface area contributed by atoms with Gasteiger partial charge < -0.3 is 21.1 Å². The lowest BCUT2D eigenvalue weighted by Gasteiger charge is -2.14. The van der Waals surface area contributed by atoms with Crippen molar-refractivity contribution in [2.75, 3.05) is 23.5 Å². The number of carbonyl (C=O) groups excluding carboxylic acids is 1. The van der Waals surface area contributed by atoms with Gasteiger partial charge in [-0.3, -0.25) is 0 Å². The summed E-state index contributed by atoms with van der Waals surface area (Å²) in [5, 5.41) is 6.42. The number of carbonyl (C=O) groups is 1. The fourth-order valence-corrected chi connectivity index (χ4v) is 2.62. The van der Waals surface area contributed by atoms with Gasteiger partial charge in [0.15, 0.2) is 11.6 Å². The van der Waals surface area contributed by atoms with Crippen LogP contribution in [0.4, 0.5) is 28.7 Å². The maximum atomic E-state index is 11.5. The number of nitrogens with two attached hydrogens (primary N) is 1. The Kier molecular flexibility index (Phi) is 5.51. The molecule has 0 saturated heterocycles. The van der Waals surface area contributed by atoms with Gasteiger partial charge in [0.2, 0.25) is 0 Å². The fraction of sp³-hybridized carbons (Fsp3) is 0.150. The molecule has 0 unspecified atom stereocenters. The third-order valence-corrected chi connectivity index (χ3v) is 4.10. The molecule has 2 aromatic carbocycles. The molecule has 7 nitrogen and oxygen atoms in total. The van der Waals surface area contributed by atoms with Crippen LogP contribution in [0.5, 0.6) is 0 Å². The van der Waals surface area contributed by atoms with Crippen molar-refractivity contribution in [2.45, 2.75) is 13.3 Å². The number of aromatic nitrogens is 2. The highest BCUT2D eigenvalue weighted by Gasteiger charge is 2.11. The Morgan fingerprint density at radius 2 is 1.70 bits per heavy atom. The number of ether oxygens (including phenoxy) is 1. The molecule has 3 aromatic rings. The van der Waals surface area contributed by atoms with Crippen molar-refractivity contribution >= 4 is 34.7 Å². The first-order valence-corrected chi connectivity index (χ1v) is 8.53. The van der Waals surface area contributed by atoms with E-state index in [0.29, 0.717) is 22.9 Å². The van der Waals surface area contributed by atoms with Gasteiger partial charge in [-0.25, -0.2) is 14.8 Å². The van der Waals surface area contributed by atoms with Crippen LogP contribution in [-0.2, 0) is 11.2 Å². The maximum absolute atomic E-state index is 11.5. The molecule has 27 heavy (non-hydrogen) atoms. The molecule has 1 heterocycles. The molecular weight excluding hydrogens is 342 g/mol. The van der Waals surface area contributed by atoms with Crippen molar-refractivity contribution in [3.8, 4) is 0 Å². The van der Waals surface area contributed by atoms with E-state index in [4.69, 9.17) is 10.5 Å². The largest absolute Gasteiger partial charge is 0.465 e. The van der Waals surface area contributed by atoms with E-state index in [1.807, 2.05) is 18.2 Å². The highest BCUT2D eigenvalue weighted by Crippen LogP contribution is 2.29. The zero-order valence-corrected chi connectivity index (χ0v) is 15.2. The highest BCUT2D eigenvalue weighted by atomic mass is 16.5. The smallest absolute Gasteiger partial charge is 0.337 e. The van der Waals surface area contributed by atoms with Crippen molar-refractivity contribution in [2.24, 2.45) is 0 Å². The minimum absolute atomic E-state index is 0.385. The quantitative estimate of drug-likeness (QED) is 0.571. The zero-order valence-electron chi connectivity index (χ0n) is 15.2. The second-order valence-corrected chi connectivity index (χ2v) is 5.81. The molecule has 1 aromatic heterocycles. The molecule has 0 atom stereocenters. The van der Waals surface area contributed by atoms with Crippen LogP contribution in [0.2, 0.25) is 0 Å². The van der Waals surface area contributed by atoms with E-state index in [1.54, 1.807) is 24.3 Å². The summed E-state index contributed by atoms with van der Waals surface area (Å²) in [6, 6.07) is 14.9. The number of nitrogen functional groups attached to an aromatic ring is 1. The van der Waals surface area contributed by atoms with Crippen molar-refractivity contribution in [1.29, 1.82) is 0 Å². The van der Waals surface area contributed by atoms with E-state index in [1.165, 1.54) is 19.0 Å². The van der Waals surface area contributed by atoms with Crippen LogP contribution in [0.25, 0.3) is 0 Å². The van der Waals surface area contributed by atoms with Gasteiger partial charge in [-0.2, -0.15) is 0 Å². The SMILES string of the molecule is CCc1ccccc1Nc1ncnc(Nc2ccc(C(=O)OC)cc2)c1N. The Morgan fingerprint density at radius 3 is 2.37 bits per heavy atom. The van der Waals surface area contributed by atoms with E-state index in [0.717, 1.165) is 17.8 Å². The first kappa shape index (κ1) is 18.2. The Balaban J connectivity index is 1.81. The van der Waals surface area contributed by atoms with Crippen LogP contribution in [-0.4, -0.2) is 23.0 Å². The third-order valence-electron chi connectivity index (χ3n) is 4.10. The normalized spacial score (nSPS) is 10.3. The lowest BCUT2D eigenvalue weighted by molar-refractivity contribution is 0.0601. The van der Waals surface area contributed by atoms with Gasteiger partial charge in [-0.15, -0.1) is 0 Å². The summed E-state index contributed by atoms with van der Waals surface area (Å²) in [4.78, 5) is 20.0. The first-order chi connectivity index (χ1) is 13.1. The number of esters is 1. The van der Waals surface area contributed by atoms with Gasteiger partial charge in [-0.05, 0) is 42.3 Å². The molecule has 0 bridgehead atoms. The molecule has 7 heteroatoms. The molecule has 0 fully saturated rings. The lowest BCUT2D eigenvalue weighted by atomic mass is 10.1. The molecule has 0 aliphatic heterocycles. The van der Waals surface area contributed by atoms with Gasteiger partial charge in [0.1, 0.15) is 12.0 Å². The zero-order chi connectivity index (χ0) is 19.2. The van der Waals surface area contributed by atoms with Crippen LogP contribution in [0.15, 0.2) is 54.9 Å². The molecule has 0 spiro atoms. The second-order valence-electron chi connectivity index (χ2n) is 5.81. The van der Waals surface area contributed by atoms with Crippen LogP contribution in [0.1, 0.15) is 22.8 Å². The molecule has 138 valence electrons. The molecule has 0 amide bonds. The fourth-order valence-electron chi connectivity index (χ4n) is 2.62. The second kappa shape index (κ2) is 8.18. The summed E-state index contributed by atoms with van der Waals surface area (Å²) in [5.41, 5.74) is 9.99. The van der Waals surface area contributed by atoms with Gasteiger partial charge in [0, 0.05) is 11.4 Å². The summed E-state index contributed by atoms with van der Waals surface area (Å²) in [7, 11) is 1.35. The predicted molar refractivity (Wildman–Crippen MR) is 107 cm³/mol. The standard InChI is InChI=1S/C20H21N5O2/c1-3-13-6-4-5-7-16(13)25-19-17(21)18(22-12-23-19)24-15-10-8-14(9-11-15)20(26)27-2/h4-12H,3,21H2,1-2H3,(H2,22,23,24,25). The Bertz CT molecular complexity index is 941. The Hall–Kier alpha value is -3.61. The average molecular weight is 363 g/mol. The minimum atomic E-state index is -0.385. The van der Waals surface area contributed by atoms with Crippen LogP contribution in [0, 0.1) is 0 Å². The number of benzene rings is 2. The number of anilines is 5. The molecule has 0 aliphatic rings. The number of methoxy groups -OCH3 is 1. The van der Waals surface area contributed by atoms with Crippen molar-refractivity contribution in [3.63, 3.8) is 0 Å². The summed E-state index contributed by atoms with van der Waals surface area (Å²) < 4.78 is 4.70. The number of rotatable bonds is 6. The summed E-state index contributed by atoms with van der Waals surface area (Å²) in [5.74, 6) is 0.621. The average Bonchev–Trinajstić information content (AvgIpc) is 2.71. The number of hydrogen-bond donors (Lipinski definition) is 3. The van der Waals surface area contributed by atoms with E-state index in [-0.39, 0.29) is 5.97 Å². The van der Waals surface area contributed by atoms with Crippen LogP contribution in [0.3, 0.4) is 0 Å². The number of hydrogen-bond acceptors (Lipinski definition) is 7. The summed E-state index contributed by atoms with van der Waals surface area (Å²) in [6.07, 6.45) is 2.34. The third kappa shape index (κ3) is 4.14. The molecule has 3 rings (SSSR count). The Labute approximate surface area is 157 Å². The monoisotopic (exact) mass is 363 g/mol. The van der Waals surface area contributed by atoms with E-state index >= 15 is 0 Å². The summed E-state index contributed by atoms with van der Waals surface area (Å²) in [6.45, 7) is 2.09. The molecular formula is C20H21N5O2. The van der Waals surface area contributed by atoms with Crippen LogP contribution >= 0.6 is 0 Å². The van der Waals surface area contributed by atoms with Crippen molar-refractivity contribution < 1.29 is 9.53 Å². The molecule has 4 N–H and O–H groups in total. The minimum Gasteiger partial charge on any atom is -0.465 e. The molecule has 0 aliphatic carbocycles. The first-order valence-electron chi connectivity index (χ1n) is 8.53. The van der Waals surface area contributed by atoms with Crippen molar-refractivity contribution in [3.05, 3.63) is 66.0 Å². The number of aryl methyl sites for hydroxylation is 1. The van der Waals surface area contributed by atoms with Crippen LogP contribution < -0.4 is 16.4 Å². The lowest BCUT2D eigenvalue weighted by Crippen LogP contribution is -2.06. The van der Waals surface area contributed by atoms with Gasteiger partial charge in [-0.1, -0.05) is 25.1 Å². The Morgan fingerprint density at radius 1 is 1.04 bits per heavy atom.